The van der Waals surface area contributed by atoms with Crippen molar-refractivity contribution in [2.75, 3.05) is 12.3 Å². The summed E-state index contributed by atoms with van der Waals surface area (Å²) < 4.78 is 15.0. The first-order valence-electron chi connectivity index (χ1n) is 10.1. The van der Waals surface area contributed by atoms with Crippen LogP contribution in [-0.4, -0.2) is 32.8 Å². The van der Waals surface area contributed by atoms with Crippen molar-refractivity contribution in [3.8, 4) is 11.1 Å². The van der Waals surface area contributed by atoms with E-state index in [-0.39, 0.29) is 11.7 Å². The van der Waals surface area contributed by atoms with E-state index < -0.39 is 0 Å². The van der Waals surface area contributed by atoms with Crippen molar-refractivity contribution in [1.82, 2.24) is 19.9 Å². The second kappa shape index (κ2) is 9.75. The molecule has 2 heterocycles. The van der Waals surface area contributed by atoms with Crippen molar-refractivity contribution in [3.05, 3.63) is 83.9 Å². The molecule has 4 rings (SSSR count). The first kappa shape index (κ1) is 21.1. The van der Waals surface area contributed by atoms with Gasteiger partial charge in [0.2, 0.25) is 5.91 Å². The molecule has 1 N–H and O–H groups in total. The van der Waals surface area contributed by atoms with Crippen LogP contribution in [0.1, 0.15) is 17.7 Å². The van der Waals surface area contributed by atoms with Gasteiger partial charge in [0.05, 0.1) is 11.9 Å². The predicted molar refractivity (Wildman–Crippen MR) is 122 cm³/mol. The van der Waals surface area contributed by atoms with E-state index in [4.69, 9.17) is 0 Å². The first-order valence-corrected chi connectivity index (χ1v) is 11.1. The molecule has 2 aromatic carbocycles. The van der Waals surface area contributed by atoms with Gasteiger partial charge in [0, 0.05) is 17.8 Å². The van der Waals surface area contributed by atoms with E-state index in [1.165, 1.54) is 29.5 Å². The molecule has 7 heteroatoms. The molecule has 5 nitrogen and oxygen atoms in total. The van der Waals surface area contributed by atoms with Gasteiger partial charge >= 0.3 is 0 Å². The van der Waals surface area contributed by atoms with Crippen molar-refractivity contribution in [1.29, 1.82) is 0 Å². The third kappa shape index (κ3) is 5.30. The predicted octanol–water partition coefficient (Wildman–Crippen LogP) is 4.68. The summed E-state index contributed by atoms with van der Waals surface area (Å²) in [7, 11) is 0. The van der Waals surface area contributed by atoms with Gasteiger partial charge < -0.3 is 5.32 Å². The molecule has 0 saturated carbocycles. The third-order valence-electron chi connectivity index (χ3n) is 4.88. The minimum Gasteiger partial charge on any atom is -0.355 e. The second-order valence-corrected chi connectivity index (χ2v) is 8.26. The lowest BCUT2D eigenvalue weighted by atomic mass is 10.1. The highest BCUT2D eigenvalue weighted by molar-refractivity contribution is 7.99. The van der Waals surface area contributed by atoms with E-state index in [1.807, 2.05) is 31.2 Å². The van der Waals surface area contributed by atoms with Crippen LogP contribution in [-0.2, 0) is 11.2 Å². The van der Waals surface area contributed by atoms with Crippen molar-refractivity contribution in [2.24, 2.45) is 0 Å². The molecule has 1 amide bonds. The van der Waals surface area contributed by atoms with E-state index in [0.29, 0.717) is 17.9 Å². The minimum atomic E-state index is -0.282. The van der Waals surface area contributed by atoms with E-state index in [2.05, 4.69) is 27.5 Å². The molecule has 0 aliphatic rings. The van der Waals surface area contributed by atoms with Crippen LogP contribution >= 0.6 is 11.8 Å². The van der Waals surface area contributed by atoms with Crippen LogP contribution in [0.3, 0.4) is 0 Å². The Bertz CT molecular complexity index is 1180. The first-order chi connectivity index (χ1) is 15.1. The molecule has 0 bridgehead atoms. The molecule has 0 fully saturated rings. The van der Waals surface area contributed by atoms with Crippen molar-refractivity contribution in [2.45, 2.75) is 24.8 Å². The summed E-state index contributed by atoms with van der Waals surface area (Å²) in [5, 5.41) is 8.28. The van der Waals surface area contributed by atoms with Gasteiger partial charge in [-0.2, -0.15) is 5.10 Å². The summed E-state index contributed by atoms with van der Waals surface area (Å²) in [5.41, 5.74) is 4.48. The summed E-state index contributed by atoms with van der Waals surface area (Å²) in [6.45, 7) is 2.56. The number of carbonyl (C=O) groups is 1. The fourth-order valence-electron chi connectivity index (χ4n) is 3.34. The molecule has 0 unspecified atom stereocenters. The molecule has 2 aromatic heterocycles. The lowest BCUT2D eigenvalue weighted by Crippen LogP contribution is -2.26. The number of aryl methyl sites for hydroxylation is 2. The highest BCUT2D eigenvalue weighted by atomic mass is 32.2. The molecule has 0 aliphatic carbocycles. The molecule has 0 radical (unpaired) electrons. The van der Waals surface area contributed by atoms with Crippen LogP contribution in [0.25, 0.3) is 16.8 Å². The maximum absolute atomic E-state index is 13.3. The average Bonchev–Trinajstić information content (AvgIpc) is 3.20. The number of thioether (sulfide) groups is 1. The highest BCUT2D eigenvalue weighted by Crippen LogP contribution is 2.27. The lowest BCUT2D eigenvalue weighted by molar-refractivity contribution is -0.118. The number of halogens is 1. The zero-order valence-corrected chi connectivity index (χ0v) is 18.0. The smallest absolute Gasteiger partial charge is 0.230 e. The molecule has 4 aromatic rings. The number of nitrogens with one attached hydrogen (secondary N) is 1. The van der Waals surface area contributed by atoms with Gasteiger partial charge in [-0.1, -0.05) is 54.2 Å². The molecule has 158 valence electrons. The minimum absolute atomic E-state index is 0.00779. The second-order valence-electron chi connectivity index (χ2n) is 7.26. The number of aromatic nitrogens is 3. The van der Waals surface area contributed by atoms with Crippen molar-refractivity contribution >= 4 is 23.3 Å². The van der Waals surface area contributed by atoms with Gasteiger partial charge in [0.15, 0.2) is 5.65 Å². The average molecular weight is 435 g/mol. The quantitative estimate of drug-likeness (QED) is 0.248. The Balaban J connectivity index is 1.38. The van der Waals surface area contributed by atoms with Crippen molar-refractivity contribution < 1.29 is 9.18 Å². The van der Waals surface area contributed by atoms with Gasteiger partial charge in [-0.25, -0.2) is 13.9 Å². The Morgan fingerprint density at radius 1 is 1.13 bits per heavy atom. The lowest BCUT2D eigenvalue weighted by Gasteiger charge is -2.08. The van der Waals surface area contributed by atoms with Crippen LogP contribution in [0.15, 0.2) is 71.9 Å². The molecule has 0 aliphatic heterocycles. The van der Waals surface area contributed by atoms with Crippen LogP contribution in [0, 0.1) is 12.7 Å². The number of nitrogens with zero attached hydrogens (tertiary/aromatic N) is 3. The van der Waals surface area contributed by atoms with E-state index >= 15 is 0 Å². The summed E-state index contributed by atoms with van der Waals surface area (Å²) in [5.74, 6) is 0.0114. The molecule has 0 spiro atoms. The highest BCUT2D eigenvalue weighted by Gasteiger charge is 2.13. The van der Waals surface area contributed by atoms with Gasteiger partial charge in [0.1, 0.15) is 10.8 Å². The Kier molecular flexibility index (Phi) is 6.62. The number of benzene rings is 2. The maximum Gasteiger partial charge on any atom is 0.230 e. The molecular formula is C24H23FN4OS. The number of hydrogen-bond donors (Lipinski definition) is 1. The fraction of sp³-hybridized carbons (Fsp3) is 0.208. The number of rotatable bonds is 8. The molecule has 31 heavy (non-hydrogen) atoms. The Labute approximate surface area is 184 Å². The summed E-state index contributed by atoms with van der Waals surface area (Å²) >= 11 is 1.43. The zero-order chi connectivity index (χ0) is 21.6. The number of carbonyl (C=O) groups excluding carboxylic acids is 1. The standard InChI is InChI=1S/C24H23FN4OS/c1-17-14-23(31-16-22(30)26-13-5-8-18-6-3-2-4-7-18)29-24(28-17)21(15-27-29)19-9-11-20(25)12-10-19/h2-4,6-7,9-12,14-15H,5,8,13,16H2,1H3,(H,26,30). The van der Waals surface area contributed by atoms with E-state index in [0.717, 1.165) is 34.7 Å². The monoisotopic (exact) mass is 434 g/mol. The van der Waals surface area contributed by atoms with Gasteiger partial charge in [-0.15, -0.1) is 0 Å². The van der Waals surface area contributed by atoms with Crippen molar-refractivity contribution in [3.63, 3.8) is 0 Å². The van der Waals surface area contributed by atoms with E-state index in [1.54, 1.807) is 22.8 Å². The summed E-state index contributed by atoms with van der Waals surface area (Å²) in [4.78, 5) is 16.9. The Hall–Kier alpha value is -3.19. The largest absolute Gasteiger partial charge is 0.355 e. The van der Waals surface area contributed by atoms with Crippen LogP contribution < -0.4 is 5.32 Å². The topological polar surface area (TPSA) is 59.3 Å². The molecular weight excluding hydrogens is 411 g/mol. The maximum atomic E-state index is 13.3. The molecule has 0 saturated heterocycles. The number of amides is 1. The zero-order valence-electron chi connectivity index (χ0n) is 17.2. The van der Waals surface area contributed by atoms with Crippen LogP contribution in [0.5, 0.6) is 0 Å². The normalized spacial score (nSPS) is 11.0. The number of hydrogen-bond acceptors (Lipinski definition) is 4. The summed E-state index contributed by atoms with van der Waals surface area (Å²) in [6, 6.07) is 18.4. The van der Waals surface area contributed by atoms with Crippen LogP contribution in [0.4, 0.5) is 4.39 Å². The third-order valence-corrected chi connectivity index (χ3v) is 5.87. The SMILES string of the molecule is Cc1cc(SCC(=O)NCCCc2ccccc2)n2ncc(-c3ccc(F)cc3)c2n1. The van der Waals surface area contributed by atoms with Gasteiger partial charge in [0.25, 0.3) is 0 Å². The van der Waals surface area contributed by atoms with Gasteiger partial charge in [-0.3, -0.25) is 4.79 Å². The Morgan fingerprint density at radius 3 is 2.68 bits per heavy atom. The van der Waals surface area contributed by atoms with Gasteiger partial charge in [-0.05, 0) is 49.1 Å². The molecule has 0 atom stereocenters. The summed E-state index contributed by atoms with van der Waals surface area (Å²) in [6.07, 6.45) is 3.57. The van der Waals surface area contributed by atoms with E-state index in [9.17, 15) is 9.18 Å². The number of fused-ring (bicyclic) bond motifs is 1. The van der Waals surface area contributed by atoms with Crippen LogP contribution in [0.2, 0.25) is 0 Å². The fourth-order valence-corrected chi connectivity index (χ4v) is 4.23. The Morgan fingerprint density at radius 2 is 1.90 bits per heavy atom.